The molecule has 2 heterocycles. The maximum atomic E-state index is 6.23. The Morgan fingerprint density at radius 3 is 2.15 bits per heavy atom. The lowest BCUT2D eigenvalue weighted by atomic mass is 9.78. The first-order valence-electron chi connectivity index (χ1n) is 11.7. The Kier molecular flexibility index (Phi) is 4.67. The van der Waals surface area contributed by atoms with Gasteiger partial charge < -0.3 is 13.9 Å². The van der Waals surface area contributed by atoms with E-state index in [1.165, 1.54) is 27.4 Å². The largest absolute Gasteiger partial charge is 0.498 e. The van der Waals surface area contributed by atoms with E-state index in [0.717, 1.165) is 16.7 Å². The summed E-state index contributed by atoms with van der Waals surface area (Å²) in [6.07, 6.45) is 0. The zero-order valence-electron chi connectivity index (χ0n) is 19.8. The Hall–Kier alpha value is -3.47. The van der Waals surface area contributed by atoms with Crippen molar-refractivity contribution in [1.29, 1.82) is 0 Å². The van der Waals surface area contributed by atoms with Crippen LogP contribution in [0, 0.1) is 6.92 Å². The summed E-state index contributed by atoms with van der Waals surface area (Å²) in [6, 6.07) is 34.3. The summed E-state index contributed by atoms with van der Waals surface area (Å²) in [5.74, 6) is 0. The van der Waals surface area contributed by atoms with E-state index in [1.54, 1.807) is 0 Å². The van der Waals surface area contributed by atoms with Gasteiger partial charge in [-0.3, -0.25) is 0 Å². The molecule has 0 aliphatic carbocycles. The molecule has 0 N–H and O–H groups in total. The fraction of sp³-hybridized carbons (Fsp3) is 0.167. The van der Waals surface area contributed by atoms with Crippen molar-refractivity contribution >= 4 is 34.4 Å². The van der Waals surface area contributed by atoms with Crippen molar-refractivity contribution in [2.24, 2.45) is 0 Å². The van der Waals surface area contributed by atoms with Crippen LogP contribution >= 0.6 is 0 Å². The molecule has 4 aromatic carbocycles. The van der Waals surface area contributed by atoms with Crippen LogP contribution in [0.5, 0.6) is 0 Å². The Labute approximate surface area is 201 Å². The van der Waals surface area contributed by atoms with Gasteiger partial charge in [0.2, 0.25) is 5.60 Å². The maximum absolute atomic E-state index is 6.23. The molecule has 1 saturated heterocycles. The fourth-order valence-electron chi connectivity index (χ4n) is 4.80. The number of nitrogens with zero attached hydrogens (tertiary/aromatic N) is 1. The number of fused-ring (bicyclic) bond motifs is 3. The van der Waals surface area contributed by atoms with Crippen LogP contribution in [-0.4, -0.2) is 22.9 Å². The van der Waals surface area contributed by atoms with Gasteiger partial charge in [0, 0.05) is 23.4 Å². The first kappa shape index (κ1) is 21.1. The minimum Gasteiger partial charge on any atom is -0.395 e. The molecule has 1 aromatic heterocycles. The van der Waals surface area contributed by atoms with Crippen LogP contribution in [0.1, 0.15) is 20.8 Å². The van der Waals surface area contributed by atoms with Gasteiger partial charge in [-0.2, -0.15) is 0 Å². The zero-order valence-corrected chi connectivity index (χ0v) is 19.8. The van der Waals surface area contributed by atoms with E-state index < -0.39 is 18.3 Å². The molecule has 0 amide bonds. The lowest BCUT2D eigenvalue weighted by Gasteiger charge is -2.25. The van der Waals surface area contributed by atoms with Crippen molar-refractivity contribution in [2.45, 2.75) is 32.0 Å². The number of para-hydroxylation sites is 2. The number of aromatic nitrogens is 1. The van der Waals surface area contributed by atoms with Gasteiger partial charge >= 0.3 is 7.12 Å². The van der Waals surface area contributed by atoms with E-state index in [-0.39, 0.29) is 0 Å². The number of rotatable bonds is 3. The van der Waals surface area contributed by atoms with Crippen LogP contribution in [-0.2, 0) is 9.31 Å². The van der Waals surface area contributed by atoms with Crippen molar-refractivity contribution in [3.05, 3.63) is 104 Å². The third-order valence-corrected chi connectivity index (χ3v) is 7.22. The van der Waals surface area contributed by atoms with Crippen molar-refractivity contribution < 1.29 is 9.31 Å². The number of hydrogen-bond donors (Lipinski definition) is 0. The van der Waals surface area contributed by atoms with E-state index in [1.807, 2.05) is 20.8 Å². The third kappa shape index (κ3) is 3.25. The molecule has 1 fully saturated rings. The molecule has 5 aromatic rings. The smallest absolute Gasteiger partial charge is 0.395 e. The predicted molar refractivity (Wildman–Crippen MR) is 142 cm³/mol. The summed E-state index contributed by atoms with van der Waals surface area (Å²) in [6.45, 7) is 10.3. The second-order valence-electron chi connectivity index (χ2n) is 9.85. The summed E-state index contributed by atoms with van der Waals surface area (Å²) in [5.41, 5.74) is 5.81. The highest BCUT2D eigenvalue weighted by atomic mass is 16.7. The second-order valence-corrected chi connectivity index (χ2v) is 9.85. The van der Waals surface area contributed by atoms with E-state index in [2.05, 4.69) is 109 Å². The van der Waals surface area contributed by atoms with E-state index in [0.29, 0.717) is 0 Å². The molecule has 1 aliphatic heterocycles. The van der Waals surface area contributed by atoms with Crippen LogP contribution in [0.2, 0.25) is 0 Å². The Bertz CT molecular complexity index is 1500. The standard InChI is InChI=1S/C30H27BNO2/c1-29(2)30(3,4)34-31(33-29)23-12-10-11-21(19-23)22-17-18-28-26(20-22)25-15-8-9-16-27(25)32(28)24-13-6-5-7-14-24/h5-20H,1H2,2-4H3/q+1. The Balaban J connectivity index is 1.47. The molecule has 1 aliphatic rings. The fourth-order valence-corrected chi connectivity index (χ4v) is 4.80. The van der Waals surface area contributed by atoms with Gasteiger partial charge in [0.1, 0.15) is 5.60 Å². The quantitative estimate of drug-likeness (QED) is 0.232. The number of benzene rings is 4. The average Bonchev–Trinajstić information content (AvgIpc) is 3.29. The minimum atomic E-state index is -0.605. The molecule has 4 heteroatoms. The lowest BCUT2D eigenvalue weighted by molar-refractivity contribution is 0.0262. The van der Waals surface area contributed by atoms with Crippen LogP contribution in [0.4, 0.5) is 0 Å². The molecular weight excluding hydrogens is 417 g/mol. The van der Waals surface area contributed by atoms with Crippen LogP contribution in [0.15, 0.2) is 97.1 Å². The highest BCUT2D eigenvalue weighted by Gasteiger charge is 2.57. The van der Waals surface area contributed by atoms with Gasteiger partial charge in [0.05, 0.1) is 18.0 Å². The van der Waals surface area contributed by atoms with E-state index >= 15 is 0 Å². The van der Waals surface area contributed by atoms with Crippen molar-refractivity contribution in [3.8, 4) is 16.8 Å². The molecule has 166 valence electrons. The van der Waals surface area contributed by atoms with Crippen molar-refractivity contribution in [3.63, 3.8) is 0 Å². The molecule has 1 atom stereocenters. The monoisotopic (exact) mass is 444 g/mol. The Morgan fingerprint density at radius 2 is 1.38 bits per heavy atom. The van der Waals surface area contributed by atoms with Crippen molar-refractivity contribution in [2.75, 3.05) is 0 Å². The molecule has 6 rings (SSSR count). The van der Waals surface area contributed by atoms with Crippen LogP contribution < -0.4 is 5.46 Å². The molecule has 0 saturated carbocycles. The van der Waals surface area contributed by atoms with Gasteiger partial charge in [0.15, 0.2) is 0 Å². The number of hydrogen-bond acceptors (Lipinski definition) is 2. The molecular formula is C30H27BNO2+. The molecule has 0 radical (unpaired) electrons. The molecule has 34 heavy (non-hydrogen) atoms. The summed E-state index contributed by atoms with van der Waals surface area (Å²) in [4.78, 5) is 0. The van der Waals surface area contributed by atoms with Gasteiger partial charge in [-0.25, -0.2) is 0 Å². The van der Waals surface area contributed by atoms with Crippen LogP contribution in [0.3, 0.4) is 0 Å². The summed E-state index contributed by atoms with van der Waals surface area (Å²) < 4.78 is 14.8. The topological polar surface area (TPSA) is 23.4 Å². The summed E-state index contributed by atoms with van der Waals surface area (Å²) >= 11 is 0. The van der Waals surface area contributed by atoms with Gasteiger partial charge in [-0.05, 0) is 60.8 Å². The second kappa shape index (κ2) is 7.52. The zero-order chi connectivity index (χ0) is 23.5. The lowest BCUT2D eigenvalue weighted by Crippen LogP contribution is -2.42. The van der Waals surface area contributed by atoms with Gasteiger partial charge in [-0.1, -0.05) is 66.7 Å². The van der Waals surface area contributed by atoms with Crippen molar-refractivity contribution in [1.82, 2.24) is 4.57 Å². The molecule has 0 spiro atoms. The summed E-state index contributed by atoms with van der Waals surface area (Å²) in [7, 11) is -0.429. The molecule has 1 unspecified atom stereocenters. The summed E-state index contributed by atoms with van der Waals surface area (Å²) in [5, 5.41) is 2.48. The van der Waals surface area contributed by atoms with Gasteiger partial charge in [0.25, 0.3) is 0 Å². The highest BCUT2D eigenvalue weighted by Crippen LogP contribution is 2.37. The predicted octanol–water partition coefficient (Wildman–Crippen LogP) is 6.56. The Morgan fingerprint density at radius 1 is 0.676 bits per heavy atom. The average molecular weight is 444 g/mol. The van der Waals surface area contributed by atoms with E-state index in [4.69, 9.17) is 9.31 Å². The minimum absolute atomic E-state index is 0.429. The third-order valence-electron chi connectivity index (χ3n) is 7.22. The normalized spacial score (nSPS) is 19.8. The highest BCUT2D eigenvalue weighted by molar-refractivity contribution is 6.62. The molecule has 3 nitrogen and oxygen atoms in total. The van der Waals surface area contributed by atoms with E-state index in [9.17, 15) is 0 Å². The first-order valence-corrected chi connectivity index (χ1v) is 11.7. The van der Waals surface area contributed by atoms with Gasteiger partial charge in [-0.15, -0.1) is 0 Å². The SMILES string of the molecule is [CH2+]C1(C)OB(c2cccc(-c3ccc4c(c3)c3ccccc3n4-c3ccccc3)c2)OC1(C)C. The maximum Gasteiger partial charge on any atom is 0.498 e. The first-order chi connectivity index (χ1) is 16.3. The molecule has 0 bridgehead atoms. The van der Waals surface area contributed by atoms with Crippen LogP contribution in [0.25, 0.3) is 38.6 Å².